The summed E-state index contributed by atoms with van der Waals surface area (Å²) in [7, 11) is 0. The Morgan fingerprint density at radius 1 is 1.11 bits per heavy atom. The van der Waals surface area contributed by atoms with Crippen molar-refractivity contribution in [2.24, 2.45) is 5.92 Å². The number of nitrogens with zero attached hydrogens (tertiary/aromatic N) is 3. The molecule has 7 rings (SSSR count). The van der Waals surface area contributed by atoms with Crippen molar-refractivity contribution in [2.45, 2.75) is 91.0 Å². The smallest absolute Gasteiger partial charge is 0.232 e. The Morgan fingerprint density at radius 2 is 1.84 bits per heavy atom. The van der Waals surface area contributed by atoms with Crippen molar-refractivity contribution in [1.29, 1.82) is 0 Å². The van der Waals surface area contributed by atoms with Crippen molar-refractivity contribution in [1.82, 2.24) is 20.2 Å². The second-order valence-corrected chi connectivity index (χ2v) is 14.0. The number of aryl methyl sites for hydroxylation is 3. The van der Waals surface area contributed by atoms with E-state index in [9.17, 15) is 10.0 Å². The summed E-state index contributed by atoms with van der Waals surface area (Å²) in [5.74, 6) is 1.07. The van der Waals surface area contributed by atoms with Gasteiger partial charge in [-0.1, -0.05) is 24.1 Å². The first-order valence-corrected chi connectivity index (χ1v) is 16.3. The van der Waals surface area contributed by atoms with Crippen LogP contribution >= 0.6 is 0 Å². The fourth-order valence-corrected chi connectivity index (χ4v) is 7.56. The van der Waals surface area contributed by atoms with E-state index in [0.717, 1.165) is 77.0 Å². The molecule has 2 bridgehead atoms. The van der Waals surface area contributed by atoms with Crippen LogP contribution in [0.1, 0.15) is 85.9 Å². The van der Waals surface area contributed by atoms with Crippen LogP contribution in [0.2, 0.25) is 0 Å². The molecule has 3 aromatic heterocycles. The molecule has 5 heterocycles. The molecule has 2 aliphatic heterocycles. The highest BCUT2D eigenvalue weighted by Gasteiger charge is 2.42. The van der Waals surface area contributed by atoms with Gasteiger partial charge in [0.25, 0.3) is 0 Å². The predicted octanol–water partition coefficient (Wildman–Crippen LogP) is 6.40. The largest absolute Gasteiger partial charge is 0.619 e. The molecule has 0 spiro atoms. The molecule has 0 unspecified atom stereocenters. The summed E-state index contributed by atoms with van der Waals surface area (Å²) in [5, 5.41) is 16.5. The first kappa shape index (κ1) is 30.3. The molecule has 232 valence electrons. The molecule has 1 atom stereocenters. The first-order valence-electron chi connectivity index (χ1n) is 16.3. The van der Waals surface area contributed by atoms with Crippen LogP contribution in [0.25, 0.3) is 22.3 Å². The zero-order chi connectivity index (χ0) is 31.2. The second kappa shape index (κ2) is 12.0. The van der Waals surface area contributed by atoms with Crippen LogP contribution in [0.5, 0.6) is 0 Å². The van der Waals surface area contributed by atoms with Crippen LogP contribution in [-0.4, -0.2) is 46.5 Å². The number of carbonyl (C=O) groups is 1. The fraction of sp³-hybridized carbons (Fsp3) is 0.486. The van der Waals surface area contributed by atoms with Crippen molar-refractivity contribution >= 4 is 16.9 Å². The van der Waals surface area contributed by atoms with E-state index < -0.39 is 5.41 Å². The SMILES string of the molecule is Cc1cc(C)cc(-c2[nH]c3ncc(C(C)(C)C(=O)N4CC5CCC4CC5)cc3c2[C@H](C)CNCCc2cc[n+]([O-])c(C)c2)c1. The van der Waals surface area contributed by atoms with E-state index in [1.165, 1.54) is 29.5 Å². The number of hydrogen-bond donors (Lipinski definition) is 2. The molecular weight excluding hydrogens is 546 g/mol. The number of pyridine rings is 2. The van der Waals surface area contributed by atoms with Gasteiger partial charge in [-0.25, -0.2) is 4.98 Å². The topological polar surface area (TPSA) is 88.0 Å². The molecule has 2 saturated heterocycles. The normalized spacial score (nSPS) is 19.1. The summed E-state index contributed by atoms with van der Waals surface area (Å²) in [4.78, 5) is 24.8. The van der Waals surface area contributed by atoms with Crippen LogP contribution in [0, 0.1) is 31.9 Å². The number of nitrogens with one attached hydrogen (secondary N) is 2. The first-order chi connectivity index (χ1) is 21.0. The number of H-pyrrole nitrogens is 1. The van der Waals surface area contributed by atoms with Gasteiger partial charge in [-0.05, 0) is 119 Å². The summed E-state index contributed by atoms with van der Waals surface area (Å²) in [6.07, 6.45) is 9.13. The Hall–Kier alpha value is -3.71. The molecule has 1 amide bonds. The lowest BCUT2D eigenvalue weighted by Gasteiger charge is -2.47. The van der Waals surface area contributed by atoms with E-state index in [0.29, 0.717) is 17.7 Å². The van der Waals surface area contributed by atoms with E-state index >= 15 is 0 Å². The number of carbonyl (C=O) groups excluding carboxylic acids is 1. The van der Waals surface area contributed by atoms with Gasteiger partial charge >= 0.3 is 0 Å². The zero-order valence-corrected chi connectivity index (χ0v) is 27.2. The van der Waals surface area contributed by atoms with Gasteiger partial charge in [0.05, 0.1) is 11.1 Å². The number of hydrogen-bond acceptors (Lipinski definition) is 4. The van der Waals surface area contributed by atoms with Gasteiger partial charge in [-0.3, -0.25) is 4.79 Å². The highest BCUT2D eigenvalue weighted by molar-refractivity contribution is 5.93. The molecule has 2 N–H and O–H groups in total. The molecule has 1 aromatic carbocycles. The molecule has 4 aromatic rings. The van der Waals surface area contributed by atoms with Crippen molar-refractivity contribution in [3.05, 3.63) is 87.5 Å². The van der Waals surface area contributed by atoms with Gasteiger partial charge in [-0.15, -0.1) is 0 Å². The molecule has 1 aliphatic carbocycles. The molecule has 7 nitrogen and oxygen atoms in total. The molecule has 3 fully saturated rings. The molecule has 7 heteroatoms. The van der Waals surface area contributed by atoms with E-state index in [2.05, 4.69) is 74.1 Å². The van der Waals surface area contributed by atoms with E-state index in [4.69, 9.17) is 4.98 Å². The minimum absolute atomic E-state index is 0.189. The summed E-state index contributed by atoms with van der Waals surface area (Å²) < 4.78 is 0.901. The van der Waals surface area contributed by atoms with Crippen LogP contribution in [0.3, 0.4) is 0 Å². The summed E-state index contributed by atoms with van der Waals surface area (Å²) in [6.45, 7) is 15.0. The lowest BCUT2D eigenvalue weighted by atomic mass is 9.76. The quantitative estimate of drug-likeness (QED) is 0.134. The third kappa shape index (κ3) is 5.86. The molecule has 3 aliphatic rings. The van der Waals surface area contributed by atoms with Gasteiger partial charge in [0.2, 0.25) is 5.91 Å². The Kier molecular flexibility index (Phi) is 8.27. The monoisotopic (exact) mass is 593 g/mol. The lowest BCUT2D eigenvalue weighted by Crippen LogP contribution is -2.55. The van der Waals surface area contributed by atoms with Crippen LogP contribution < -0.4 is 10.0 Å². The van der Waals surface area contributed by atoms with Crippen LogP contribution in [0.4, 0.5) is 0 Å². The molecular formula is C37H47N5O2. The summed E-state index contributed by atoms with van der Waals surface area (Å²) in [6, 6.07) is 13.1. The summed E-state index contributed by atoms with van der Waals surface area (Å²) in [5.41, 5.74) is 8.98. The maximum absolute atomic E-state index is 14.1. The zero-order valence-electron chi connectivity index (χ0n) is 27.2. The third-order valence-corrected chi connectivity index (χ3v) is 10.1. The third-order valence-electron chi connectivity index (χ3n) is 10.1. The van der Waals surface area contributed by atoms with Crippen molar-refractivity contribution in [3.8, 4) is 11.3 Å². The fourth-order valence-electron chi connectivity index (χ4n) is 7.56. The predicted molar refractivity (Wildman–Crippen MR) is 177 cm³/mol. The number of fused-ring (bicyclic) bond motifs is 4. The average molecular weight is 594 g/mol. The molecule has 1 saturated carbocycles. The number of rotatable bonds is 9. The summed E-state index contributed by atoms with van der Waals surface area (Å²) >= 11 is 0. The van der Waals surface area contributed by atoms with Gasteiger partial charge in [-0.2, -0.15) is 4.73 Å². The van der Waals surface area contributed by atoms with Crippen LogP contribution in [0.15, 0.2) is 48.8 Å². The maximum Gasteiger partial charge on any atom is 0.232 e. The number of benzene rings is 1. The van der Waals surface area contributed by atoms with Gasteiger partial charge < -0.3 is 20.4 Å². The van der Waals surface area contributed by atoms with Crippen molar-refractivity contribution in [2.75, 3.05) is 19.6 Å². The van der Waals surface area contributed by atoms with Gasteiger partial charge in [0.15, 0.2) is 11.9 Å². The Balaban J connectivity index is 1.31. The number of aromatic amines is 1. The second-order valence-electron chi connectivity index (χ2n) is 14.0. The molecule has 0 radical (unpaired) electrons. The van der Waals surface area contributed by atoms with Gasteiger partial charge in [0.1, 0.15) is 5.65 Å². The Morgan fingerprint density at radius 3 is 2.50 bits per heavy atom. The highest BCUT2D eigenvalue weighted by Crippen LogP contribution is 2.40. The maximum atomic E-state index is 14.1. The van der Waals surface area contributed by atoms with Gasteiger partial charge in [0, 0.05) is 49.8 Å². The number of aromatic nitrogens is 3. The average Bonchev–Trinajstić information content (AvgIpc) is 3.40. The van der Waals surface area contributed by atoms with E-state index in [-0.39, 0.29) is 11.8 Å². The standard InChI is InChI=1S/C37H47N5O2/c1-23-15-24(2)17-29(16-23)34-33(25(3)20-38-13-11-27-12-14-42(44)26(4)18-27)32-19-30(21-39-35(32)40-34)37(5,6)36(43)41-22-28-7-9-31(41)10-8-28/h12,14-19,21,25,28,31,38H,7-11,13,20,22H2,1-6H3,(H,39,40)/t25-,28?,31?/m1/s1. The Labute approximate surface area is 261 Å². The molecule has 44 heavy (non-hydrogen) atoms. The van der Waals surface area contributed by atoms with Crippen LogP contribution in [-0.2, 0) is 16.6 Å². The minimum Gasteiger partial charge on any atom is -0.619 e. The van der Waals surface area contributed by atoms with E-state index in [1.807, 2.05) is 25.3 Å². The lowest BCUT2D eigenvalue weighted by molar-refractivity contribution is -0.612. The number of amides is 1. The Bertz CT molecular complexity index is 1660. The van der Waals surface area contributed by atoms with Crippen molar-refractivity contribution < 1.29 is 9.52 Å². The number of piperidine rings is 2. The van der Waals surface area contributed by atoms with Crippen molar-refractivity contribution in [3.63, 3.8) is 0 Å². The van der Waals surface area contributed by atoms with E-state index in [1.54, 1.807) is 6.20 Å². The highest BCUT2D eigenvalue weighted by atomic mass is 16.5. The minimum atomic E-state index is -0.662.